The maximum atomic E-state index is 12.0. The van der Waals surface area contributed by atoms with Gasteiger partial charge in [-0.3, -0.25) is 9.59 Å². The van der Waals surface area contributed by atoms with Gasteiger partial charge >= 0.3 is 0 Å². The third-order valence-electron chi connectivity index (χ3n) is 3.01. The Labute approximate surface area is 113 Å². The molecule has 5 nitrogen and oxygen atoms in total. The molecule has 0 fully saturated rings. The summed E-state index contributed by atoms with van der Waals surface area (Å²) in [7, 11) is 0. The van der Waals surface area contributed by atoms with Gasteiger partial charge in [0.25, 0.3) is 5.91 Å². The van der Waals surface area contributed by atoms with E-state index < -0.39 is 0 Å². The molecule has 0 aliphatic rings. The predicted octanol–water partition coefficient (Wildman–Crippen LogP) is 1.18. The van der Waals surface area contributed by atoms with Crippen LogP contribution >= 0.6 is 0 Å². The summed E-state index contributed by atoms with van der Waals surface area (Å²) in [5, 5.41) is 2.64. The minimum Gasteiger partial charge on any atom is -0.399 e. The summed E-state index contributed by atoms with van der Waals surface area (Å²) in [4.78, 5) is 25.4. The van der Waals surface area contributed by atoms with E-state index in [1.54, 1.807) is 23.1 Å². The van der Waals surface area contributed by atoms with Crippen molar-refractivity contribution in [2.45, 2.75) is 20.8 Å². The van der Waals surface area contributed by atoms with E-state index in [1.807, 2.05) is 20.8 Å². The number of hydrogen-bond donors (Lipinski definition) is 2. The Kier molecular flexibility index (Phi) is 5.36. The molecule has 1 rings (SSSR count). The minimum absolute atomic E-state index is 0.0182. The molecule has 0 radical (unpaired) electrons. The van der Waals surface area contributed by atoms with E-state index in [0.29, 0.717) is 24.3 Å². The van der Waals surface area contributed by atoms with Gasteiger partial charge < -0.3 is 16.0 Å². The van der Waals surface area contributed by atoms with E-state index in [4.69, 9.17) is 5.73 Å². The van der Waals surface area contributed by atoms with Gasteiger partial charge in [0.2, 0.25) is 5.91 Å². The van der Waals surface area contributed by atoms with Gasteiger partial charge in [0, 0.05) is 24.3 Å². The van der Waals surface area contributed by atoms with E-state index in [-0.39, 0.29) is 18.4 Å². The fourth-order valence-electron chi connectivity index (χ4n) is 1.88. The second kappa shape index (κ2) is 6.78. The average Bonchev–Trinajstić information content (AvgIpc) is 2.37. The van der Waals surface area contributed by atoms with Crippen LogP contribution in [0.25, 0.3) is 0 Å². The Balaban J connectivity index is 2.63. The molecule has 0 saturated heterocycles. The van der Waals surface area contributed by atoms with Gasteiger partial charge in [-0.1, -0.05) is 0 Å². The lowest BCUT2D eigenvalue weighted by Crippen LogP contribution is -2.40. The van der Waals surface area contributed by atoms with Crippen molar-refractivity contribution in [3.8, 4) is 0 Å². The second-order valence-electron chi connectivity index (χ2n) is 4.32. The number of nitrogens with two attached hydrogens (primary N) is 1. The second-order valence-corrected chi connectivity index (χ2v) is 4.32. The van der Waals surface area contributed by atoms with Crippen LogP contribution in [0.1, 0.15) is 29.8 Å². The molecule has 0 spiro atoms. The van der Waals surface area contributed by atoms with Crippen LogP contribution in [0, 0.1) is 6.92 Å². The number of amides is 2. The lowest BCUT2D eigenvalue weighted by atomic mass is 10.1. The normalized spacial score (nSPS) is 10.1. The van der Waals surface area contributed by atoms with Gasteiger partial charge in [0.1, 0.15) is 0 Å². The number of nitrogens with one attached hydrogen (secondary N) is 1. The van der Waals surface area contributed by atoms with E-state index >= 15 is 0 Å². The molecule has 1 aromatic carbocycles. The quantitative estimate of drug-likeness (QED) is 0.783. The topological polar surface area (TPSA) is 75.4 Å². The first kappa shape index (κ1) is 15.0. The van der Waals surface area contributed by atoms with E-state index in [2.05, 4.69) is 5.32 Å². The van der Waals surface area contributed by atoms with Crippen molar-refractivity contribution in [1.82, 2.24) is 10.2 Å². The molecule has 5 heteroatoms. The molecular formula is C14H21N3O2. The molecule has 1 aromatic rings. The van der Waals surface area contributed by atoms with E-state index in [1.165, 1.54) is 0 Å². The summed E-state index contributed by atoms with van der Waals surface area (Å²) in [5.41, 5.74) is 7.59. The number of likely N-dealkylation sites (N-methyl/N-ethyl adjacent to an activating group) is 1. The van der Waals surface area contributed by atoms with Crippen molar-refractivity contribution < 1.29 is 9.59 Å². The zero-order valence-electron chi connectivity index (χ0n) is 11.7. The number of benzene rings is 1. The van der Waals surface area contributed by atoms with Gasteiger partial charge in [-0.05, 0) is 44.5 Å². The Hall–Kier alpha value is -2.04. The van der Waals surface area contributed by atoms with Crippen molar-refractivity contribution in [3.05, 3.63) is 29.3 Å². The van der Waals surface area contributed by atoms with Gasteiger partial charge in [-0.2, -0.15) is 0 Å². The standard InChI is InChI=1S/C14H21N3O2/c1-4-17(5-2)13(18)9-16-14(19)12-7-6-11(15)8-10(12)3/h6-8H,4-5,9,15H2,1-3H3,(H,16,19). The number of anilines is 1. The smallest absolute Gasteiger partial charge is 0.251 e. The third kappa shape index (κ3) is 3.98. The van der Waals surface area contributed by atoms with Gasteiger partial charge in [-0.15, -0.1) is 0 Å². The molecule has 2 amide bonds. The maximum Gasteiger partial charge on any atom is 0.251 e. The molecule has 0 atom stereocenters. The van der Waals surface area contributed by atoms with Crippen LogP contribution in [0.5, 0.6) is 0 Å². The SMILES string of the molecule is CCN(CC)C(=O)CNC(=O)c1ccc(N)cc1C. The zero-order chi connectivity index (χ0) is 14.4. The molecule has 3 N–H and O–H groups in total. The van der Waals surface area contributed by atoms with Crippen LogP contribution in [0.4, 0.5) is 5.69 Å². The molecule has 0 aliphatic heterocycles. The third-order valence-corrected chi connectivity index (χ3v) is 3.01. The molecule has 0 unspecified atom stereocenters. The van der Waals surface area contributed by atoms with Gasteiger partial charge in [-0.25, -0.2) is 0 Å². The highest BCUT2D eigenvalue weighted by molar-refractivity contribution is 5.97. The summed E-state index contributed by atoms with van der Waals surface area (Å²) in [6.07, 6.45) is 0. The largest absolute Gasteiger partial charge is 0.399 e. The highest BCUT2D eigenvalue weighted by Gasteiger charge is 2.13. The number of carbonyl (C=O) groups is 2. The predicted molar refractivity (Wildman–Crippen MR) is 75.9 cm³/mol. The molecule has 19 heavy (non-hydrogen) atoms. The maximum absolute atomic E-state index is 12.0. The Bertz CT molecular complexity index is 468. The van der Waals surface area contributed by atoms with Crippen molar-refractivity contribution in [2.75, 3.05) is 25.4 Å². The Morgan fingerprint density at radius 2 is 1.89 bits per heavy atom. The first-order valence-electron chi connectivity index (χ1n) is 6.41. The van der Waals surface area contributed by atoms with Crippen LogP contribution in [-0.2, 0) is 4.79 Å². The summed E-state index contributed by atoms with van der Waals surface area (Å²) >= 11 is 0. The zero-order valence-corrected chi connectivity index (χ0v) is 11.7. The van der Waals surface area contributed by atoms with E-state index in [0.717, 1.165) is 5.56 Å². The van der Waals surface area contributed by atoms with Crippen LogP contribution in [-0.4, -0.2) is 36.3 Å². The highest BCUT2D eigenvalue weighted by Crippen LogP contribution is 2.12. The number of carbonyl (C=O) groups excluding carboxylic acids is 2. The monoisotopic (exact) mass is 263 g/mol. The first-order valence-corrected chi connectivity index (χ1v) is 6.41. The van der Waals surface area contributed by atoms with Crippen LogP contribution < -0.4 is 11.1 Å². The first-order chi connectivity index (χ1) is 8.99. The number of aryl methyl sites for hydroxylation is 1. The van der Waals surface area contributed by atoms with Crippen LogP contribution in [0.15, 0.2) is 18.2 Å². The summed E-state index contributed by atoms with van der Waals surface area (Å²) in [6, 6.07) is 5.08. The van der Waals surface area contributed by atoms with Gasteiger partial charge in [0.15, 0.2) is 0 Å². The molecule has 0 saturated carbocycles. The number of hydrogen-bond acceptors (Lipinski definition) is 3. The molecule has 0 aliphatic carbocycles. The number of rotatable bonds is 5. The summed E-state index contributed by atoms with van der Waals surface area (Å²) < 4.78 is 0. The Morgan fingerprint density at radius 3 is 2.42 bits per heavy atom. The molecule has 0 bridgehead atoms. The number of nitrogen functional groups attached to an aromatic ring is 1. The van der Waals surface area contributed by atoms with E-state index in [9.17, 15) is 9.59 Å². The van der Waals surface area contributed by atoms with Crippen LogP contribution in [0.3, 0.4) is 0 Å². The van der Waals surface area contributed by atoms with Crippen molar-refractivity contribution in [3.63, 3.8) is 0 Å². The van der Waals surface area contributed by atoms with Crippen molar-refractivity contribution in [1.29, 1.82) is 0 Å². The van der Waals surface area contributed by atoms with Crippen molar-refractivity contribution >= 4 is 17.5 Å². The molecule has 0 heterocycles. The van der Waals surface area contributed by atoms with Gasteiger partial charge in [0.05, 0.1) is 6.54 Å². The Morgan fingerprint density at radius 1 is 1.26 bits per heavy atom. The molecular weight excluding hydrogens is 242 g/mol. The van der Waals surface area contributed by atoms with Crippen molar-refractivity contribution in [2.24, 2.45) is 0 Å². The summed E-state index contributed by atoms with van der Waals surface area (Å²) in [6.45, 7) is 6.95. The minimum atomic E-state index is -0.252. The average molecular weight is 263 g/mol. The van der Waals surface area contributed by atoms with Crippen LogP contribution in [0.2, 0.25) is 0 Å². The fraction of sp³-hybridized carbons (Fsp3) is 0.429. The fourth-order valence-corrected chi connectivity index (χ4v) is 1.88. The molecule has 104 valence electrons. The lowest BCUT2D eigenvalue weighted by Gasteiger charge is -2.18. The molecule has 0 aromatic heterocycles. The summed E-state index contributed by atoms with van der Waals surface area (Å²) in [5.74, 6) is -0.329. The highest BCUT2D eigenvalue weighted by atomic mass is 16.2. The lowest BCUT2D eigenvalue weighted by molar-refractivity contribution is -0.129. The number of nitrogens with zero attached hydrogens (tertiary/aromatic N) is 1.